The van der Waals surface area contributed by atoms with E-state index in [1.807, 2.05) is 6.92 Å². The monoisotopic (exact) mass is 320 g/mol. The van der Waals surface area contributed by atoms with Crippen LogP contribution in [0.2, 0.25) is 0 Å². The summed E-state index contributed by atoms with van der Waals surface area (Å²) >= 11 is 0. The summed E-state index contributed by atoms with van der Waals surface area (Å²) < 4.78 is 10.6. The minimum atomic E-state index is -1.17. The van der Waals surface area contributed by atoms with Crippen molar-refractivity contribution in [1.29, 1.82) is 0 Å². The zero-order valence-corrected chi connectivity index (χ0v) is 13.5. The van der Waals surface area contributed by atoms with Gasteiger partial charge in [0, 0.05) is 12.0 Å². The van der Waals surface area contributed by atoms with Crippen LogP contribution in [0.4, 0.5) is 0 Å². The van der Waals surface area contributed by atoms with Crippen LogP contribution < -0.4 is 0 Å². The number of aliphatic hydroxyl groups is 1. The van der Waals surface area contributed by atoms with E-state index in [0.29, 0.717) is 18.4 Å². The van der Waals surface area contributed by atoms with Crippen molar-refractivity contribution in [2.45, 2.75) is 75.8 Å². The van der Waals surface area contributed by atoms with Gasteiger partial charge in [0.15, 0.2) is 5.78 Å². The van der Waals surface area contributed by atoms with Gasteiger partial charge in [0.05, 0.1) is 6.10 Å². The van der Waals surface area contributed by atoms with Crippen LogP contribution in [0.25, 0.3) is 0 Å². The number of rotatable bonds is 7. The van der Waals surface area contributed by atoms with Gasteiger partial charge < -0.3 is 14.6 Å². The lowest BCUT2D eigenvalue weighted by Gasteiger charge is -2.22. The number of ketones is 1. The van der Waals surface area contributed by atoms with Crippen molar-refractivity contribution in [3.8, 4) is 0 Å². The molecule has 2 saturated heterocycles. The molecular formula is C18H24O5. The second-order valence-corrected chi connectivity index (χ2v) is 6.65. The molecule has 0 radical (unpaired) electrons. The summed E-state index contributed by atoms with van der Waals surface area (Å²) in [6.45, 7) is 2.04. The number of carbonyl (C=O) groups excluding carboxylic acids is 2. The number of allylic oxidation sites excluding steroid dienone is 1. The molecule has 5 heteroatoms. The van der Waals surface area contributed by atoms with Crippen LogP contribution >= 0.6 is 0 Å². The van der Waals surface area contributed by atoms with E-state index in [1.54, 1.807) is 12.2 Å². The Labute approximate surface area is 136 Å². The third kappa shape index (κ3) is 3.72. The predicted octanol–water partition coefficient (Wildman–Crippen LogP) is 2.23. The van der Waals surface area contributed by atoms with Crippen molar-refractivity contribution < 1.29 is 24.2 Å². The molecule has 0 spiro atoms. The van der Waals surface area contributed by atoms with Gasteiger partial charge in [-0.2, -0.15) is 0 Å². The Morgan fingerprint density at radius 1 is 1.39 bits per heavy atom. The fourth-order valence-electron chi connectivity index (χ4n) is 3.40. The number of carbonyl (C=O) groups is 2. The highest BCUT2D eigenvalue weighted by Crippen LogP contribution is 2.36. The Morgan fingerprint density at radius 3 is 2.87 bits per heavy atom. The zero-order valence-electron chi connectivity index (χ0n) is 13.5. The van der Waals surface area contributed by atoms with Gasteiger partial charge >= 0.3 is 5.97 Å². The standard InChI is InChI=1S/C18H24O5/c1-2-15-16(23-15)11-13-14(19)8-10-18(13,21)9-4-3-5-12-6-7-17(20)22-12/h8,10-12,15-16,21H,2-7,9H2,1H3/b13-11-/t12-,15+,16+,18+/m1/s1. The fraction of sp³-hybridized carbons (Fsp3) is 0.667. The first-order chi connectivity index (χ1) is 11.0. The molecule has 0 aromatic heterocycles. The van der Waals surface area contributed by atoms with E-state index in [-0.39, 0.29) is 30.1 Å². The van der Waals surface area contributed by atoms with Crippen molar-refractivity contribution in [3.63, 3.8) is 0 Å². The Balaban J connectivity index is 1.50. The molecule has 0 amide bonds. The molecule has 2 aliphatic heterocycles. The second kappa shape index (κ2) is 6.57. The van der Waals surface area contributed by atoms with Gasteiger partial charge in [0.2, 0.25) is 0 Å². The average Bonchev–Trinajstić information content (AvgIpc) is 3.08. The summed E-state index contributed by atoms with van der Waals surface area (Å²) in [5.74, 6) is -0.236. The summed E-state index contributed by atoms with van der Waals surface area (Å²) in [6.07, 6.45) is 10.2. The summed E-state index contributed by atoms with van der Waals surface area (Å²) in [5.41, 5.74) is -0.723. The molecule has 1 N–H and O–H groups in total. The lowest BCUT2D eigenvalue weighted by atomic mass is 9.89. The van der Waals surface area contributed by atoms with Crippen LogP contribution in [-0.4, -0.2) is 40.8 Å². The first kappa shape index (κ1) is 16.4. The summed E-state index contributed by atoms with van der Waals surface area (Å²) in [5, 5.41) is 10.8. The number of ether oxygens (including phenoxy) is 2. The van der Waals surface area contributed by atoms with E-state index in [9.17, 15) is 14.7 Å². The number of unbranched alkanes of at least 4 members (excludes halogenated alkanes) is 1. The maximum absolute atomic E-state index is 12.0. The quantitative estimate of drug-likeness (QED) is 0.337. The van der Waals surface area contributed by atoms with E-state index in [2.05, 4.69) is 0 Å². The van der Waals surface area contributed by atoms with Gasteiger partial charge in [0.1, 0.15) is 17.8 Å². The molecular weight excluding hydrogens is 296 g/mol. The van der Waals surface area contributed by atoms with E-state index in [4.69, 9.17) is 9.47 Å². The lowest BCUT2D eigenvalue weighted by molar-refractivity contribution is -0.141. The van der Waals surface area contributed by atoms with Gasteiger partial charge in [-0.05, 0) is 56.8 Å². The number of hydrogen-bond donors (Lipinski definition) is 1. The van der Waals surface area contributed by atoms with Crippen molar-refractivity contribution in [3.05, 3.63) is 23.8 Å². The number of hydrogen-bond acceptors (Lipinski definition) is 5. The molecule has 0 bridgehead atoms. The normalized spacial score (nSPS) is 37.7. The van der Waals surface area contributed by atoms with E-state index in [1.165, 1.54) is 6.08 Å². The second-order valence-electron chi connectivity index (χ2n) is 6.65. The highest BCUT2D eigenvalue weighted by atomic mass is 16.6. The van der Waals surface area contributed by atoms with Crippen LogP contribution in [0.1, 0.15) is 51.9 Å². The van der Waals surface area contributed by atoms with Crippen molar-refractivity contribution in [2.75, 3.05) is 0 Å². The SMILES string of the molecule is CC[C@@H]1O[C@H]1/C=C1/C(=O)C=C[C@@]1(O)CCCC[C@@H]1CCC(=O)O1. The lowest BCUT2D eigenvalue weighted by Crippen LogP contribution is -2.28. The Bertz CT molecular complexity index is 550. The molecule has 0 aromatic rings. The van der Waals surface area contributed by atoms with Crippen LogP contribution in [0, 0.1) is 0 Å². The van der Waals surface area contributed by atoms with E-state index >= 15 is 0 Å². The highest BCUT2D eigenvalue weighted by molar-refractivity contribution is 6.09. The maximum atomic E-state index is 12.0. The highest BCUT2D eigenvalue weighted by Gasteiger charge is 2.42. The Kier molecular flexibility index (Phi) is 4.69. The third-order valence-electron chi connectivity index (χ3n) is 4.90. The number of epoxide rings is 1. The zero-order chi connectivity index (χ0) is 16.4. The fourth-order valence-corrected chi connectivity index (χ4v) is 3.40. The molecule has 3 rings (SSSR count). The van der Waals surface area contributed by atoms with Crippen molar-refractivity contribution >= 4 is 11.8 Å². The number of esters is 1. The molecule has 4 atom stereocenters. The molecule has 0 saturated carbocycles. The molecule has 0 unspecified atom stereocenters. The van der Waals surface area contributed by atoms with Crippen LogP contribution in [0.3, 0.4) is 0 Å². The minimum absolute atomic E-state index is 0.0260. The minimum Gasteiger partial charge on any atom is -0.462 e. The molecule has 2 fully saturated rings. The molecule has 3 aliphatic rings. The number of cyclic esters (lactones) is 1. The topological polar surface area (TPSA) is 76.1 Å². The summed E-state index contributed by atoms with van der Waals surface area (Å²) in [7, 11) is 0. The molecule has 2 heterocycles. The Hall–Kier alpha value is -1.46. The van der Waals surface area contributed by atoms with Gasteiger partial charge in [-0.15, -0.1) is 0 Å². The average molecular weight is 320 g/mol. The van der Waals surface area contributed by atoms with E-state index in [0.717, 1.165) is 32.1 Å². The maximum Gasteiger partial charge on any atom is 0.306 e. The molecule has 1 aliphatic carbocycles. The molecule has 23 heavy (non-hydrogen) atoms. The van der Waals surface area contributed by atoms with Gasteiger partial charge in [-0.1, -0.05) is 6.92 Å². The largest absolute Gasteiger partial charge is 0.462 e. The first-order valence-electron chi connectivity index (χ1n) is 8.55. The molecule has 5 nitrogen and oxygen atoms in total. The van der Waals surface area contributed by atoms with Gasteiger partial charge in [-0.25, -0.2) is 0 Å². The van der Waals surface area contributed by atoms with E-state index < -0.39 is 5.60 Å². The molecule has 126 valence electrons. The first-order valence-corrected chi connectivity index (χ1v) is 8.55. The predicted molar refractivity (Wildman–Crippen MR) is 83.7 cm³/mol. The Morgan fingerprint density at radius 2 is 2.22 bits per heavy atom. The van der Waals surface area contributed by atoms with Crippen molar-refractivity contribution in [2.24, 2.45) is 0 Å². The molecule has 0 aromatic carbocycles. The van der Waals surface area contributed by atoms with Gasteiger partial charge in [0.25, 0.3) is 0 Å². The third-order valence-corrected chi connectivity index (χ3v) is 4.90. The van der Waals surface area contributed by atoms with Crippen molar-refractivity contribution in [1.82, 2.24) is 0 Å². The van der Waals surface area contributed by atoms with Crippen LogP contribution in [0.5, 0.6) is 0 Å². The summed E-state index contributed by atoms with van der Waals surface area (Å²) in [6, 6.07) is 0. The van der Waals surface area contributed by atoms with Gasteiger partial charge in [-0.3, -0.25) is 9.59 Å². The van der Waals surface area contributed by atoms with Crippen LogP contribution in [-0.2, 0) is 19.1 Å². The summed E-state index contributed by atoms with van der Waals surface area (Å²) in [4.78, 5) is 23.1. The van der Waals surface area contributed by atoms with Crippen LogP contribution in [0.15, 0.2) is 23.8 Å². The smallest absolute Gasteiger partial charge is 0.306 e.